The van der Waals surface area contributed by atoms with Crippen LogP contribution in [-0.4, -0.2) is 55.8 Å². The third kappa shape index (κ3) is 7.45. The Morgan fingerprint density at radius 3 is 2.44 bits per heavy atom. The number of hydrogen-bond acceptors (Lipinski definition) is 3. The molecule has 0 unspecified atom stereocenters. The Hall–Kier alpha value is -0.930. The van der Waals surface area contributed by atoms with Gasteiger partial charge in [-0.2, -0.15) is 0 Å². The van der Waals surface area contributed by atoms with Crippen molar-refractivity contribution < 1.29 is 9.13 Å². The van der Waals surface area contributed by atoms with Crippen LogP contribution in [0, 0.1) is 5.82 Å². The van der Waals surface area contributed by atoms with Gasteiger partial charge < -0.3 is 15.4 Å². The van der Waals surface area contributed by atoms with Gasteiger partial charge in [-0.3, -0.25) is 4.90 Å². The van der Waals surface area contributed by atoms with Crippen LogP contribution in [0.15, 0.2) is 29.3 Å². The highest BCUT2D eigenvalue weighted by Gasteiger charge is 2.28. The molecule has 0 radical (unpaired) electrons. The van der Waals surface area contributed by atoms with E-state index in [-0.39, 0.29) is 35.3 Å². The predicted molar refractivity (Wildman–Crippen MR) is 111 cm³/mol. The second-order valence-electron chi connectivity index (χ2n) is 6.59. The van der Waals surface area contributed by atoms with E-state index in [0.29, 0.717) is 6.54 Å². The maximum atomic E-state index is 13.0. The highest BCUT2D eigenvalue weighted by molar-refractivity contribution is 14.0. The average molecular weight is 464 g/mol. The van der Waals surface area contributed by atoms with Crippen molar-refractivity contribution in [2.24, 2.45) is 4.99 Å². The van der Waals surface area contributed by atoms with Gasteiger partial charge in [0.15, 0.2) is 5.96 Å². The van der Waals surface area contributed by atoms with Gasteiger partial charge in [0.25, 0.3) is 0 Å². The minimum Gasteiger partial charge on any atom is -0.379 e. The maximum absolute atomic E-state index is 13.0. The van der Waals surface area contributed by atoms with E-state index in [2.05, 4.69) is 34.4 Å². The molecule has 1 fully saturated rings. The Bertz CT molecular complexity index is 530. The summed E-state index contributed by atoms with van der Waals surface area (Å²) in [6.45, 7) is 12.1. The van der Waals surface area contributed by atoms with Crippen LogP contribution in [0.2, 0.25) is 0 Å². The summed E-state index contributed by atoms with van der Waals surface area (Å²) in [4.78, 5) is 7.03. The second kappa shape index (κ2) is 10.9. The van der Waals surface area contributed by atoms with E-state index in [0.717, 1.165) is 50.9 Å². The summed E-state index contributed by atoms with van der Waals surface area (Å²) in [5.74, 6) is 0.559. The van der Waals surface area contributed by atoms with E-state index in [1.165, 1.54) is 12.1 Å². The first kappa shape index (κ1) is 22.1. The Morgan fingerprint density at radius 2 is 1.84 bits per heavy atom. The van der Waals surface area contributed by atoms with Crippen LogP contribution in [0.25, 0.3) is 0 Å². The fourth-order valence-corrected chi connectivity index (χ4v) is 2.68. The number of halogens is 2. The van der Waals surface area contributed by atoms with E-state index in [9.17, 15) is 4.39 Å². The summed E-state index contributed by atoms with van der Waals surface area (Å²) >= 11 is 0. The molecule has 25 heavy (non-hydrogen) atoms. The summed E-state index contributed by atoms with van der Waals surface area (Å²) in [6, 6.07) is 6.46. The second-order valence-corrected chi connectivity index (χ2v) is 6.59. The zero-order valence-corrected chi connectivity index (χ0v) is 17.7. The first-order valence-electron chi connectivity index (χ1n) is 8.60. The van der Waals surface area contributed by atoms with Crippen LogP contribution in [0.1, 0.15) is 26.3 Å². The van der Waals surface area contributed by atoms with E-state index in [4.69, 9.17) is 4.74 Å². The van der Waals surface area contributed by atoms with Crippen molar-refractivity contribution in [3.05, 3.63) is 35.6 Å². The molecule has 1 aliphatic heterocycles. The number of nitrogens with one attached hydrogen (secondary N) is 2. The molecule has 2 N–H and O–H groups in total. The molecule has 0 bridgehead atoms. The number of benzene rings is 1. The molecule has 142 valence electrons. The standard InChI is InChI=1S/C18H29FN4O.HI/c1-4-20-17(21-13-15-5-7-16(19)8-6-15)22-14-18(2,3)23-9-11-24-12-10-23;/h5-8H,4,9-14H2,1-3H3,(H2,20,21,22);1H. The van der Waals surface area contributed by atoms with Gasteiger partial charge in [-0.05, 0) is 38.5 Å². The minimum absolute atomic E-state index is 0. The quantitative estimate of drug-likeness (QED) is 0.386. The van der Waals surface area contributed by atoms with Gasteiger partial charge in [0.05, 0.1) is 19.8 Å². The third-order valence-corrected chi connectivity index (χ3v) is 4.23. The lowest BCUT2D eigenvalue weighted by atomic mass is 10.0. The lowest BCUT2D eigenvalue weighted by Gasteiger charge is -2.41. The molecule has 1 aromatic rings. The number of rotatable bonds is 6. The topological polar surface area (TPSA) is 48.9 Å². The molecule has 0 saturated carbocycles. The van der Waals surface area contributed by atoms with Crippen molar-refractivity contribution in [3.63, 3.8) is 0 Å². The fraction of sp³-hybridized carbons (Fsp3) is 0.611. The van der Waals surface area contributed by atoms with Crippen molar-refractivity contribution in [2.45, 2.75) is 32.9 Å². The molecule has 0 aromatic heterocycles. The molecule has 7 heteroatoms. The number of aliphatic imine (C=N–C) groups is 1. The largest absolute Gasteiger partial charge is 0.379 e. The molecule has 1 aromatic carbocycles. The molecule has 0 amide bonds. The van der Waals surface area contributed by atoms with Crippen LogP contribution in [0.4, 0.5) is 4.39 Å². The number of guanidine groups is 1. The van der Waals surface area contributed by atoms with Gasteiger partial charge in [-0.15, -0.1) is 24.0 Å². The van der Waals surface area contributed by atoms with Gasteiger partial charge >= 0.3 is 0 Å². The molecule has 2 rings (SSSR count). The first-order chi connectivity index (χ1) is 11.5. The summed E-state index contributed by atoms with van der Waals surface area (Å²) in [7, 11) is 0. The molecular weight excluding hydrogens is 434 g/mol. The SMILES string of the molecule is CCNC(=NCc1ccc(F)cc1)NCC(C)(C)N1CCOCC1.I. The number of ether oxygens (including phenoxy) is 1. The monoisotopic (exact) mass is 464 g/mol. The third-order valence-electron chi connectivity index (χ3n) is 4.23. The zero-order chi connectivity index (χ0) is 17.4. The number of nitrogens with zero attached hydrogens (tertiary/aromatic N) is 2. The average Bonchev–Trinajstić information content (AvgIpc) is 2.59. The van der Waals surface area contributed by atoms with Crippen molar-refractivity contribution in [1.29, 1.82) is 0 Å². The van der Waals surface area contributed by atoms with Gasteiger partial charge in [0.2, 0.25) is 0 Å². The number of morpholine rings is 1. The highest BCUT2D eigenvalue weighted by Crippen LogP contribution is 2.15. The van der Waals surface area contributed by atoms with Crippen molar-refractivity contribution in [3.8, 4) is 0 Å². The molecule has 5 nitrogen and oxygen atoms in total. The lowest BCUT2D eigenvalue weighted by Crippen LogP contribution is -2.56. The summed E-state index contributed by atoms with van der Waals surface area (Å²) in [5, 5.41) is 6.68. The minimum atomic E-state index is -0.222. The zero-order valence-electron chi connectivity index (χ0n) is 15.3. The summed E-state index contributed by atoms with van der Waals surface area (Å²) < 4.78 is 18.4. The van der Waals surface area contributed by atoms with E-state index in [1.54, 1.807) is 12.1 Å². The predicted octanol–water partition coefficient (Wildman–Crippen LogP) is 2.61. The Labute approximate surface area is 167 Å². The molecule has 0 atom stereocenters. The molecule has 0 spiro atoms. The Balaban J connectivity index is 0.00000312. The molecule has 0 aliphatic carbocycles. The van der Waals surface area contributed by atoms with Crippen LogP contribution in [0.3, 0.4) is 0 Å². The van der Waals surface area contributed by atoms with E-state index >= 15 is 0 Å². The van der Waals surface area contributed by atoms with Crippen LogP contribution in [-0.2, 0) is 11.3 Å². The van der Waals surface area contributed by atoms with Crippen molar-refractivity contribution in [1.82, 2.24) is 15.5 Å². The van der Waals surface area contributed by atoms with E-state index < -0.39 is 0 Å². The Kier molecular flexibility index (Phi) is 9.66. The molecule has 1 heterocycles. The first-order valence-corrected chi connectivity index (χ1v) is 8.60. The summed E-state index contributed by atoms with van der Waals surface area (Å²) in [6.07, 6.45) is 0. The van der Waals surface area contributed by atoms with Crippen molar-refractivity contribution >= 4 is 29.9 Å². The van der Waals surface area contributed by atoms with Crippen LogP contribution >= 0.6 is 24.0 Å². The van der Waals surface area contributed by atoms with Gasteiger partial charge in [0, 0.05) is 31.7 Å². The lowest BCUT2D eigenvalue weighted by molar-refractivity contribution is -0.00834. The van der Waals surface area contributed by atoms with E-state index in [1.807, 2.05) is 6.92 Å². The van der Waals surface area contributed by atoms with Crippen molar-refractivity contribution in [2.75, 3.05) is 39.4 Å². The number of hydrogen-bond donors (Lipinski definition) is 2. The smallest absolute Gasteiger partial charge is 0.191 e. The normalized spacial score (nSPS) is 16.2. The molecule has 1 saturated heterocycles. The van der Waals surface area contributed by atoms with Gasteiger partial charge in [-0.25, -0.2) is 9.38 Å². The molecule has 1 aliphatic rings. The van der Waals surface area contributed by atoms with Gasteiger partial charge in [-0.1, -0.05) is 12.1 Å². The van der Waals surface area contributed by atoms with Crippen LogP contribution in [0.5, 0.6) is 0 Å². The molecular formula is C18H30FIN4O. The van der Waals surface area contributed by atoms with Gasteiger partial charge in [0.1, 0.15) is 5.82 Å². The Morgan fingerprint density at radius 1 is 1.20 bits per heavy atom. The maximum Gasteiger partial charge on any atom is 0.191 e. The highest BCUT2D eigenvalue weighted by atomic mass is 127. The fourth-order valence-electron chi connectivity index (χ4n) is 2.68. The van der Waals surface area contributed by atoms with Crippen LogP contribution < -0.4 is 10.6 Å². The summed E-state index contributed by atoms with van der Waals surface area (Å²) in [5.41, 5.74) is 1.01.